The maximum absolute atomic E-state index is 12.7. The molecular formula is C22H35N5O3. The van der Waals surface area contributed by atoms with E-state index in [0.29, 0.717) is 49.0 Å². The van der Waals surface area contributed by atoms with E-state index in [9.17, 15) is 14.4 Å². The number of hydrogen-bond acceptors (Lipinski definition) is 4. The summed E-state index contributed by atoms with van der Waals surface area (Å²) >= 11 is 0. The van der Waals surface area contributed by atoms with Gasteiger partial charge in [-0.25, -0.2) is 9.78 Å². The Balaban J connectivity index is 1.89. The van der Waals surface area contributed by atoms with Crippen molar-refractivity contribution < 1.29 is 4.79 Å². The lowest BCUT2D eigenvalue weighted by atomic mass is 10.2. The average Bonchev–Trinajstić information content (AvgIpc) is 3.34. The van der Waals surface area contributed by atoms with E-state index in [2.05, 4.69) is 24.1 Å². The zero-order valence-corrected chi connectivity index (χ0v) is 18.3. The molecule has 0 radical (unpaired) electrons. The number of aromatic nitrogens is 4. The fraction of sp³-hybridized carbons (Fsp3) is 0.727. The van der Waals surface area contributed by atoms with E-state index in [0.717, 1.165) is 44.9 Å². The van der Waals surface area contributed by atoms with Crippen molar-refractivity contribution in [3.63, 3.8) is 0 Å². The summed E-state index contributed by atoms with van der Waals surface area (Å²) in [5.41, 5.74) is 0.0889. The fourth-order valence-corrected chi connectivity index (χ4v) is 4.29. The number of imidazole rings is 1. The molecule has 0 atom stereocenters. The van der Waals surface area contributed by atoms with Gasteiger partial charge in [0.1, 0.15) is 5.82 Å². The van der Waals surface area contributed by atoms with Gasteiger partial charge in [0.15, 0.2) is 11.2 Å². The van der Waals surface area contributed by atoms with Crippen molar-refractivity contribution in [1.29, 1.82) is 0 Å². The van der Waals surface area contributed by atoms with Crippen molar-refractivity contribution in [1.82, 2.24) is 24.4 Å². The molecule has 0 aliphatic heterocycles. The Morgan fingerprint density at radius 3 is 2.47 bits per heavy atom. The normalized spacial score (nSPS) is 14.6. The van der Waals surface area contributed by atoms with E-state index in [1.807, 2.05) is 4.57 Å². The molecule has 2 aromatic rings. The first-order valence-corrected chi connectivity index (χ1v) is 11.6. The number of nitrogens with one attached hydrogen (secondary N) is 2. The fourth-order valence-electron chi connectivity index (χ4n) is 4.29. The number of amides is 1. The van der Waals surface area contributed by atoms with E-state index >= 15 is 0 Å². The summed E-state index contributed by atoms with van der Waals surface area (Å²) in [6.07, 6.45) is 10.1. The van der Waals surface area contributed by atoms with Crippen molar-refractivity contribution in [3.05, 3.63) is 26.7 Å². The zero-order chi connectivity index (χ0) is 21.5. The monoisotopic (exact) mass is 417 g/mol. The molecule has 1 fully saturated rings. The predicted molar refractivity (Wildman–Crippen MR) is 118 cm³/mol. The lowest BCUT2D eigenvalue weighted by Gasteiger charge is -2.12. The maximum Gasteiger partial charge on any atom is 0.330 e. The van der Waals surface area contributed by atoms with Crippen LogP contribution in [0.5, 0.6) is 0 Å². The van der Waals surface area contributed by atoms with Gasteiger partial charge in [0, 0.05) is 32.0 Å². The van der Waals surface area contributed by atoms with Crippen LogP contribution in [0.4, 0.5) is 0 Å². The third-order valence-electron chi connectivity index (χ3n) is 5.98. The molecule has 2 aromatic heterocycles. The molecule has 1 aliphatic carbocycles. The van der Waals surface area contributed by atoms with E-state index in [1.165, 1.54) is 12.8 Å². The van der Waals surface area contributed by atoms with Crippen LogP contribution in [-0.4, -0.2) is 31.1 Å². The lowest BCUT2D eigenvalue weighted by molar-refractivity contribution is -0.121. The topological polar surface area (TPSA) is 102 Å². The molecule has 0 unspecified atom stereocenters. The summed E-state index contributed by atoms with van der Waals surface area (Å²) in [6.45, 7) is 5.39. The predicted octanol–water partition coefficient (Wildman–Crippen LogP) is 2.87. The highest BCUT2D eigenvalue weighted by Crippen LogP contribution is 2.18. The van der Waals surface area contributed by atoms with Gasteiger partial charge < -0.3 is 9.88 Å². The van der Waals surface area contributed by atoms with Gasteiger partial charge in [0.05, 0.1) is 0 Å². The Bertz CT molecular complexity index is 966. The molecule has 8 heteroatoms. The number of H-pyrrole nitrogens is 1. The van der Waals surface area contributed by atoms with Crippen molar-refractivity contribution in [3.8, 4) is 0 Å². The van der Waals surface area contributed by atoms with E-state index < -0.39 is 11.2 Å². The maximum atomic E-state index is 12.7. The lowest BCUT2D eigenvalue weighted by Crippen LogP contribution is -2.32. The number of hydrogen-bond donors (Lipinski definition) is 2. The van der Waals surface area contributed by atoms with Gasteiger partial charge in [-0.15, -0.1) is 0 Å². The summed E-state index contributed by atoms with van der Waals surface area (Å²) in [5.74, 6) is 0.746. The van der Waals surface area contributed by atoms with Crippen LogP contribution in [0.15, 0.2) is 9.59 Å². The van der Waals surface area contributed by atoms with E-state index in [1.54, 1.807) is 4.57 Å². The van der Waals surface area contributed by atoms with Crippen molar-refractivity contribution in [2.75, 3.05) is 0 Å². The molecule has 8 nitrogen and oxygen atoms in total. The first-order chi connectivity index (χ1) is 14.5. The highest BCUT2D eigenvalue weighted by atomic mass is 16.2. The molecular weight excluding hydrogens is 382 g/mol. The molecule has 2 heterocycles. The number of carbonyl (C=O) groups excluding carboxylic acids is 1. The molecule has 3 rings (SSSR count). The third-order valence-corrected chi connectivity index (χ3v) is 5.98. The molecule has 1 aliphatic rings. The highest BCUT2D eigenvalue weighted by molar-refractivity contribution is 5.77. The third kappa shape index (κ3) is 5.21. The van der Waals surface area contributed by atoms with Crippen molar-refractivity contribution in [2.24, 2.45) is 0 Å². The molecule has 0 bridgehead atoms. The van der Waals surface area contributed by atoms with Gasteiger partial charge in [-0.3, -0.25) is 19.1 Å². The average molecular weight is 418 g/mol. The van der Waals surface area contributed by atoms with Crippen molar-refractivity contribution in [2.45, 2.75) is 104 Å². The molecule has 166 valence electrons. The number of aromatic amines is 1. The molecule has 0 aromatic carbocycles. The van der Waals surface area contributed by atoms with E-state index in [-0.39, 0.29) is 5.91 Å². The molecule has 2 N–H and O–H groups in total. The van der Waals surface area contributed by atoms with Crippen LogP contribution < -0.4 is 16.6 Å². The number of carbonyl (C=O) groups is 1. The minimum absolute atomic E-state index is 0.0337. The standard InChI is InChI=1S/C22H35N5O3/c1-3-5-9-15-26-17(12-13-18(28)23-16-10-7-8-11-16)24-20-19(26)21(29)25-22(30)27(20)14-6-4-2/h16H,3-15H2,1-2H3,(H,23,28)(H,25,29,30). The van der Waals surface area contributed by atoms with Gasteiger partial charge in [-0.1, -0.05) is 46.0 Å². The summed E-state index contributed by atoms with van der Waals surface area (Å²) in [6, 6.07) is 0.294. The van der Waals surface area contributed by atoms with Crippen LogP contribution in [-0.2, 0) is 24.3 Å². The smallest absolute Gasteiger partial charge is 0.330 e. The molecule has 0 spiro atoms. The minimum atomic E-state index is -0.412. The van der Waals surface area contributed by atoms with Gasteiger partial charge in [-0.05, 0) is 25.7 Å². The van der Waals surface area contributed by atoms with Gasteiger partial charge >= 0.3 is 5.69 Å². The SMILES string of the molecule is CCCCCn1c(CCC(=O)NC2CCCC2)nc2c1c(=O)[nH]c(=O)n2CCCC. The van der Waals surface area contributed by atoms with Crippen LogP contribution in [0.2, 0.25) is 0 Å². The second-order valence-electron chi connectivity index (χ2n) is 8.37. The Hall–Kier alpha value is -2.38. The molecule has 1 saturated carbocycles. The van der Waals surface area contributed by atoms with Crippen LogP contribution >= 0.6 is 0 Å². The summed E-state index contributed by atoms with van der Waals surface area (Å²) < 4.78 is 3.49. The minimum Gasteiger partial charge on any atom is -0.353 e. The summed E-state index contributed by atoms with van der Waals surface area (Å²) in [7, 11) is 0. The van der Waals surface area contributed by atoms with Gasteiger partial charge in [0.25, 0.3) is 5.56 Å². The number of aryl methyl sites for hydroxylation is 3. The van der Waals surface area contributed by atoms with E-state index in [4.69, 9.17) is 4.98 Å². The first kappa shape index (κ1) is 22.3. The van der Waals surface area contributed by atoms with Crippen molar-refractivity contribution >= 4 is 17.1 Å². The van der Waals surface area contributed by atoms with Crippen LogP contribution in [0.1, 0.15) is 83.9 Å². The van der Waals surface area contributed by atoms with Gasteiger partial charge in [-0.2, -0.15) is 0 Å². The number of unbranched alkanes of at least 4 members (excludes halogenated alkanes) is 3. The number of rotatable bonds is 11. The quantitative estimate of drug-likeness (QED) is 0.549. The Labute approximate surface area is 177 Å². The number of fused-ring (bicyclic) bond motifs is 1. The van der Waals surface area contributed by atoms with Crippen LogP contribution in [0.25, 0.3) is 11.2 Å². The Morgan fingerprint density at radius 2 is 1.77 bits per heavy atom. The Kier molecular flexibility index (Phi) is 7.87. The zero-order valence-electron chi connectivity index (χ0n) is 18.3. The largest absolute Gasteiger partial charge is 0.353 e. The summed E-state index contributed by atoms with van der Waals surface area (Å²) in [5, 5.41) is 3.12. The van der Waals surface area contributed by atoms with Crippen LogP contribution in [0, 0.1) is 0 Å². The number of nitrogens with zero attached hydrogens (tertiary/aromatic N) is 3. The molecule has 30 heavy (non-hydrogen) atoms. The van der Waals surface area contributed by atoms with Crippen LogP contribution in [0.3, 0.4) is 0 Å². The molecule has 1 amide bonds. The molecule has 0 saturated heterocycles. The second kappa shape index (κ2) is 10.6. The van der Waals surface area contributed by atoms with Gasteiger partial charge in [0.2, 0.25) is 5.91 Å². The summed E-state index contributed by atoms with van der Waals surface area (Å²) in [4.78, 5) is 44.6. The first-order valence-electron chi connectivity index (χ1n) is 11.6. The highest BCUT2D eigenvalue weighted by Gasteiger charge is 2.20. The second-order valence-corrected chi connectivity index (χ2v) is 8.37. The Morgan fingerprint density at radius 1 is 1.07 bits per heavy atom.